The van der Waals surface area contributed by atoms with E-state index in [0.29, 0.717) is 11.0 Å². The van der Waals surface area contributed by atoms with Gasteiger partial charge in [-0.3, -0.25) is 0 Å². The lowest BCUT2D eigenvalue weighted by atomic mass is 10.4. The average molecular weight is 210 g/mol. The minimum absolute atomic E-state index is 0.274. The van der Waals surface area contributed by atoms with E-state index in [2.05, 4.69) is 15.1 Å². The number of aromatic nitrogens is 4. The highest BCUT2D eigenvalue weighted by molar-refractivity contribution is 6.32. The van der Waals surface area contributed by atoms with Gasteiger partial charge in [0.15, 0.2) is 5.82 Å². The van der Waals surface area contributed by atoms with Crippen molar-refractivity contribution in [3.8, 4) is 5.95 Å². The van der Waals surface area contributed by atoms with Crippen LogP contribution >= 0.6 is 11.6 Å². The molecule has 0 spiro atoms. The van der Waals surface area contributed by atoms with Gasteiger partial charge >= 0.3 is 0 Å². The summed E-state index contributed by atoms with van der Waals surface area (Å²) in [6.45, 7) is 1.91. The van der Waals surface area contributed by atoms with Crippen molar-refractivity contribution in [2.75, 3.05) is 5.73 Å². The van der Waals surface area contributed by atoms with Crippen LogP contribution in [-0.2, 0) is 0 Å². The van der Waals surface area contributed by atoms with E-state index in [9.17, 15) is 0 Å². The molecule has 0 aliphatic heterocycles. The highest BCUT2D eigenvalue weighted by Crippen LogP contribution is 2.16. The molecule has 0 atom stereocenters. The zero-order valence-corrected chi connectivity index (χ0v) is 8.23. The van der Waals surface area contributed by atoms with Gasteiger partial charge in [0.05, 0.1) is 6.20 Å². The standard InChI is InChI=1S/C8H8ClN5/c1-5-2-11-8(12-3-5)14-4-6(9)7(10)13-14/h2-4H,1H3,(H2,10,13). The molecule has 2 rings (SSSR count). The van der Waals surface area contributed by atoms with Crippen molar-refractivity contribution in [3.63, 3.8) is 0 Å². The lowest BCUT2D eigenvalue weighted by Crippen LogP contribution is -2.01. The lowest BCUT2D eigenvalue weighted by molar-refractivity contribution is 0.809. The van der Waals surface area contributed by atoms with Gasteiger partial charge < -0.3 is 5.73 Å². The molecule has 72 valence electrons. The van der Waals surface area contributed by atoms with E-state index in [0.717, 1.165) is 5.56 Å². The second kappa shape index (κ2) is 3.26. The van der Waals surface area contributed by atoms with Gasteiger partial charge in [-0.1, -0.05) is 11.6 Å². The van der Waals surface area contributed by atoms with Gasteiger partial charge in [0.2, 0.25) is 0 Å². The van der Waals surface area contributed by atoms with Crippen molar-refractivity contribution < 1.29 is 0 Å². The molecule has 0 saturated carbocycles. The smallest absolute Gasteiger partial charge is 0.250 e. The molecule has 14 heavy (non-hydrogen) atoms. The fourth-order valence-electron chi connectivity index (χ4n) is 0.973. The Morgan fingerprint density at radius 2 is 2.00 bits per heavy atom. The number of hydrogen-bond donors (Lipinski definition) is 1. The molecule has 2 aromatic heterocycles. The van der Waals surface area contributed by atoms with E-state index < -0.39 is 0 Å². The molecular formula is C8H8ClN5. The zero-order chi connectivity index (χ0) is 10.1. The van der Waals surface area contributed by atoms with E-state index in [-0.39, 0.29) is 5.82 Å². The van der Waals surface area contributed by atoms with E-state index >= 15 is 0 Å². The number of rotatable bonds is 1. The first-order valence-corrected chi connectivity index (χ1v) is 4.34. The van der Waals surface area contributed by atoms with E-state index in [4.69, 9.17) is 17.3 Å². The molecule has 0 fully saturated rings. The largest absolute Gasteiger partial charge is 0.381 e. The first kappa shape index (κ1) is 8.96. The quantitative estimate of drug-likeness (QED) is 0.767. The molecule has 0 bridgehead atoms. The van der Waals surface area contributed by atoms with Crippen molar-refractivity contribution in [2.24, 2.45) is 0 Å². The van der Waals surface area contributed by atoms with Crippen molar-refractivity contribution in [2.45, 2.75) is 6.92 Å². The first-order chi connectivity index (χ1) is 6.66. The average Bonchev–Trinajstić information content (AvgIpc) is 2.48. The van der Waals surface area contributed by atoms with Gasteiger partial charge in [-0.25, -0.2) is 14.6 Å². The molecule has 2 heterocycles. The number of anilines is 1. The Labute approximate surface area is 85.5 Å². The molecule has 2 N–H and O–H groups in total. The normalized spacial score (nSPS) is 10.4. The summed E-state index contributed by atoms with van der Waals surface area (Å²) in [5.41, 5.74) is 6.47. The van der Waals surface area contributed by atoms with Crippen LogP contribution in [0.1, 0.15) is 5.56 Å². The van der Waals surface area contributed by atoms with Crippen LogP contribution in [0.15, 0.2) is 18.6 Å². The fourth-order valence-corrected chi connectivity index (χ4v) is 1.10. The third-order valence-electron chi connectivity index (χ3n) is 1.67. The Morgan fingerprint density at radius 3 is 2.50 bits per heavy atom. The summed E-state index contributed by atoms with van der Waals surface area (Å²) in [6.07, 6.45) is 4.98. The van der Waals surface area contributed by atoms with Crippen LogP contribution in [0.4, 0.5) is 5.82 Å². The predicted molar refractivity (Wildman–Crippen MR) is 53.3 cm³/mol. The Hall–Kier alpha value is -1.62. The topological polar surface area (TPSA) is 69.6 Å². The first-order valence-electron chi connectivity index (χ1n) is 3.96. The zero-order valence-electron chi connectivity index (χ0n) is 7.48. The van der Waals surface area contributed by atoms with Crippen LogP contribution in [0.5, 0.6) is 0 Å². The van der Waals surface area contributed by atoms with Crippen molar-refractivity contribution in [3.05, 3.63) is 29.2 Å². The Morgan fingerprint density at radius 1 is 1.36 bits per heavy atom. The van der Waals surface area contributed by atoms with Crippen LogP contribution < -0.4 is 5.73 Å². The predicted octanol–water partition coefficient (Wildman–Crippen LogP) is 1.21. The van der Waals surface area contributed by atoms with Crippen LogP contribution in [0, 0.1) is 6.92 Å². The van der Waals surface area contributed by atoms with Gasteiger partial charge in [0, 0.05) is 12.4 Å². The van der Waals surface area contributed by atoms with Crippen molar-refractivity contribution >= 4 is 17.4 Å². The molecule has 2 aromatic rings. The van der Waals surface area contributed by atoms with Crippen LogP contribution in [0.2, 0.25) is 5.02 Å². The molecular weight excluding hydrogens is 202 g/mol. The van der Waals surface area contributed by atoms with E-state index in [1.807, 2.05) is 6.92 Å². The van der Waals surface area contributed by atoms with Crippen LogP contribution in [-0.4, -0.2) is 19.7 Å². The summed E-state index contributed by atoms with van der Waals surface area (Å²) in [5.74, 6) is 0.727. The number of nitrogens with two attached hydrogens (primary N) is 1. The maximum atomic E-state index is 5.75. The second-order valence-corrected chi connectivity index (χ2v) is 3.27. The third kappa shape index (κ3) is 1.54. The Balaban J connectivity index is 2.44. The highest BCUT2D eigenvalue weighted by Gasteiger charge is 2.05. The third-order valence-corrected chi connectivity index (χ3v) is 1.96. The van der Waals surface area contributed by atoms with Gasteiger partial charge in [-0.2, -0.15) is 0 Å². The van der Waals surface area contributed by atoms with Gasteiger partial charge in [-0.15, -0.1) is 5.10 Å². The molecule has 0 aliphatic rings. The monoisotopic (exact) mass is 209 g/mol. The SMILES string of the molecule is Cc1cnc(-n2cc(Cl)c(N)n2)nc1. The minimum Gasteiger partial charge on any atom is -0.381 e. The number of hydrogen-bond acceptors (Lipinski definition) is 4. The molecule has 5 nitrogen and oxygen atoms in total. The fraction of sp³-hybridized carbons (Fsp3) is 0.125. The van der Waals surface area contributed by atoms with Crippen LogP contribution in [0.25, 0.3) is 5.95 Å². The molecule has 0 aliphatic carbocycles. The summed E-state index contributed by atoms with van der Waals surface area (Å²) in [5, 5.41) is 4.35. The Bertz CT molecular complexity index is 428. The lowest BCUT2D eigenvalue weighted by Gasteiger charge is -1.97. The van der Waals surface area contributed by atoms with Crippen LogP contribution in [0.3, 0.4) is 0 Å². The highest BCUT2D eigenvalue weighted by atomic mass is 35.5. The second-order valence-electron chi connectivity index (χ2n) is 2.87. The summed E-state index contributed by atoms with van der Waals surface area (Å²) in [6, 6.07) is 0. The molecule has 0 aromatic carbocycles. The number of halogens is 1. The number of nitrogen functional groups attached to an aromatic ring is 1. The van der Waals surface area contributed by atoms with Crippen molar-refractivity contribution in [1.82, 2.24) is 19.7 Å². The maximum absolute atomic E-state index is 5.75. The Kier molecular flexibility index (Phi) is 2.09. The minimum atomic E-state index is 0.274. The number of nitrogens with zero attached hydrogens (tertiary/aromatic N) is 4. The summed E-state index contributed by atoms with van der Waals surface area (Å²) < 4.78 is 1.44. The molecule has 0 amide bonds. The van der Waals surface area contributed by atoms with Gasteiger partial charge in [0.25, 0.3) is 5.95 Å². The summed E-state index contributed by atoms with van der Waals surface area (Å²) in [7, 11) is 0. The van der Waals surface area contributed by atoms with Gasteiger partial charge in [-0.05, 0) is 12.5 Å². The van der Waals surface area contributed by atoms with E-state index in [1.165, 1.54) is 4.68 Å². The van der Waals surface area contributed by atoms with Gasteiger partial charge in [0.1, 0.15) is 5.02 Å². The summed E-state index contributed by atoms with van der Waals surface area (Å²) in [4.78, 5) is 8.16. The number of aryl methyl sites for hydroxylation is 1. The molecule has 0 radical (unpaired) electrons. The van der Waals surface area contributed by atoms with E-state index in [1.54, 1.807) is 18.6 Å². The molecule has 6 heteroatoms. The summed E-state index contributed by atoms with van der Waals surface area (Å²) >= 11 is 5.75. The molecule has 0 saturated heterocycles. The molecule has 0 unspecified atom stereocenters. The maximum Gasteiger partial charge on any atom is 0.250 e. The van der Waals surface area contributed by atoms with Crippen molar-refractivity contribution in [1.29, 1.82) is 0 Å².